The highest BCUT2D eigenvalue weighted by atomic mass is 16.5. The number of esters is 2. The van der Waals surface area contributed by atoms with E-state index in [0.717, 1.165) is 57.1 Å². The number of fused-ring (bicyclic) bond motifs is 10. The van der Waals surface area contributed by atoms with Crippen LogP contribution in [0.15, 0.2) is 61.1 Å². The minimum absolute atomic E-state index is 0.00679. The number of Topliss-reactive ketones (excluding diaryl/α,β-unsaturated/α-hetero) is 1. The summed E-state index contributed by atoms with van der Waals surface area (Å²) in [6.45, 7) is 18.2. The second kappa shape index (κ2) is 13.5. The van der Waals surface area contributed by atoms with Gasteiger partial charge < -0.3 is 9.47 Å². The SMILES string of the molecule is C=C.CC(=O)OC1=CC2CCC3C(CC[C@]4(C)C(OC(C)=O)=CCC34)[C@@]2(C)C=C1.C[C@]12C=CC(=O)CC1CCC1C2CC[C@]2(C)C(=O)CCC12. The summed E-state index contributed by atoms with van der Waals surface area (Å²) in [6, 6.07) is 0. The quantitative estimate of drug-likeness (QED) is 0.213. The third-order valence-corrected chi connectivity index (χ3v) is 15.6. The third kappa shape index (κ3) is 5.94. The normalized spacial score (nSPS) is 44.8. The summed E-state index contributed by atoms with van der Waals surface area (Å²) < 4.78 is 10.9. The predicted octanol–water partition coefficient (Wildman–Crippen LogP) is 9.66. The van der Waals surface area contributed by atoms with Gasteiger partial charge in [0.1, 0.15) is 17.3 Å². The Morgan fingerprint density at radius 1 is 0.720 bits per heavy atom. The molecule has 0 saturated heterocycles. The minimum Gasteiger partial charge on any atom is -0.431 e. The number of hydrogen-bond donors (Lipinski definition) is 0. The highest BCUT2D eigenvalue weighted by Crippen LogP contribution is 2.66. The van der Waals surface area contributed by atoms with Gasteiger partial charge in [0.2, 0.25) is 0 Å². The maximum absolute atomic E-state index is 12.4. The summed E-state index contributed by atoms with van der Waals surface area (Å²) in [6.07, 6.45) is 25.5. The molecule has 8 rings (SSSR count). The van der Waals surface area contributed by atoms with Crippen molar-refractivity contribution in [2.75, 3.05) is 0 Å². The molecule has 6 heteroatoms. The zero-order valence-electron chi connectivity index (χ0n) is 31.4. The second-order valence-corrected chi connectivity index (χ2v) is 17.7. The van der Waals surface area contributed by atoms with E-state index in [1.54, 1.807) is 0 Å². The van der Waals surface area contributed by atoms with Crippen LogP contribution in [-0.4, -0.2) is 23.5 Å². The highest BCUT2D eigenvalue weighted by Gasteiger charge is 2.60. The molecule has 6 nitrogen and oxygen atoms in total. The molecule has 0 aromatic heterocycles. The van der Waals surface area contributed by atoms with Crippen molar-refractivity contribution in [1.29, 1.82) is 0 Å². The van der Waals surface area contributed by atoms with Crippen LogP contribution >= 0.6 is 0 Å². The number of carbonyl (C=O) groups is 4. The van der Waals surface area contributed by atoms with Gasteiger partial charge in [0.25, 0.3) is 0 Å². The summed E-state index contributed by atoms with van der Waals surface area (Å²) in [7, 11) is 0. The van der Waals surface area contributed by atoms with E-state index in [-0.39, 0.29) is 33.6 Å². The largest absolute Gasteiger partial charge is 0.431 e. The summed E-state index contributed by atoms with van der Waals surface area (Å²) in [5, 5.41) is 0. The molecular weight excluding hydrogens is 624 g/mol. The molecule has 0 bridgehead atoms. The van der Waals surface area contributed by atoms with Crippen molar-refractivity contribution in [1.82, 2.24) is 0 Å². The zero-order chi connectivity index (χ0) is 36.2. The van der Waals surface area contributed by atoms with Gasteiger partial charge in [-0.25, -0.2) is 0 Å². The Balaban J connectivity index is 0.000000169. The molecule has 0 aromatic carbocycles. The maximum Gasteiger partial charge on any atom is 0.308 e. The Labute approximate surface area is 300 Å². The molecule has 0 heterocycles. The van der Waals surface area contributed by atoms with E-state index in [2.05, 4.69) is 65.2 Å². The summed E-state index contributed by atoms with van der Waals surface area (Å²) in [4.78, 5) is 47.0. The van der Waals surface area contributed by atoms with E-state index in [1.165, 1.54) is 39.5 Å². The monoisotopic (exact) mass is 684 g/mol. The number of allylic oxidation sites excluding steroid dienone is 7. The molecule has 50 heavy (non-hydrogen) atoms. The molecule has 0 aromatic rings. The van der Waals surface area contributed by atoms with Crippen molar-refractivity contribution in [3.8, 4) is 0 Å². The van der Waals surface area contributed by atoms with E-state index in [9.17, 15) is 19.2 Å². The molecule has 12 atom stereocenters. The zero-order valence-corrected chi connectivity index (χ0v) is 31.4. The molecule has 8 aliphatic carbocycles. The van der Waals surface area contributed by atoms with Gasteiger partial charge in [0, 0.05) is 37.5 Å². The van der Waals surface area contributed by atoms with Gasteiger partial charge in [0.15, 0.2) is 5.78 Å². The van der Waals surface area contributed by atoms with Gasteiger partial charge in [-0.2, -0.15) is 0 Å². The Bertz CT molecular complexity index is 1530. The van der Waals surface area contributed by atoms with Crippen LogP contribution in [0.25, 0.3) is 0 Å². The molecule has 8 aliphatic rings. The fraction of sp³-hybridized carbons (Fsp3) is 0.682. The number of carbonyl (C=O) groups excluding carboxylic acids is 4. The van der Waals surface area contributed by atoms with E-state index in [4.69, 9.17) is 9.47 Å². The van der Waals surface area contributed by atoms with E-state index < -0.39 is 0 Å². The molecule has 0 radical (unpaired) electrons. The van der Waals surface area contributed by atoms with Crippen LogP contribution < -0.4 is 0 Å². The van der Waals surface area contributed by atoms with Gasteiger partial charge in [-0.15, -0.1) is 13.2 Å². The van der Waals surface area contributed by atoms with Crippen molar-refractivity contribution in [2.24, 2.45) is 69.0 Å². The van der Waals surface area contributed by atoms with E-state index in [0.29, 0.717) is 64.7 Å². The molecule has 8 unspecified atom stereocenters. The van der Waals surface area contributed by atoms with Crippen LogP contribution in [0.5, 0.6) is 0 Å². The Hall–Kier alpha value is -3.02. The first-order valence-corrected chi connectivity index (χ1v) is 19.4. The van der Waals surface area contributed by atoms with Gasteiger partial charge >= 0.3 is 11.9 Å². The topological polar surface area (TPSA) is 86.7 Å². The van der Waals surface area contributed by atoms with Crippen molar-refractivity contribution in [3.63, 3.8) is 0 Å². The van der Waals surface area contributed by atoms with Crippen LogP contribution in [0.4, 0.5) is 0 Å². The lowest BCUT2D eigenvalue weighted by Gasteiger charge is -2.57. The number of rotatable bonds is 2. The highest BCUT2D eigenvalue weighted by molar-refractivity contribution is 5.91. The van der Waals surface area contributed by atoms with Crippen molar-refractivity contribution < 1.29 is 28.7 Å². The van der Waals surface area contributed by atoms with Crippen LogP contribution in [0, 0.1) is 69.0 Å². The summed E-state index contributed by atoms with van der Waals surface area (Å²) in [5.74, 6) is 6.73. The molecule has 272 valence electrons. The third-order valence-electron chi connectivity index (χ3n) is 15.6. The lowest BCUT2D eigenvalue weighted by molar-refractivity contribution is -0.140. The minimum atomic E-state index is -0.258. The molecule has 0 N–H and O–H groups in total. The average molecular weight is 685 g/mol. The summed E-state index contributed by atoms with van der Waals surface area (Å²) >= 11 is 0. The number of ether oxygens (including phenoxy) is 2. The van der Waals surface area contributed by atoms with Crippen LogP contribution in [0.2, 0.25) is 0 Å². The Morgan fingerprint density at radius 2 is 1.34 bits per heavy atom. The van der Waals surface area contributed by atoms with Gasteiger partial charge in [-0.1, -0.05) is 39.8 Å². The fourth-order valence-corrected chi connectivity index (χ4v) is 12.9. The first kappa shape index (κ1) is 36.8. The molecule has 5 fully saturated rings. The van der Waals surface area contributed by atoms with E-state index in [1.807, 2.05) is 12.2 Å². The molecule has 5 saturated carbocycles. The first-order valence-electron chi connectivity index (χ1n) is 19.4. The standard InChI is InChI=1S/C23H30O4.C19H26O2.C2H4/c1-14(24)26-17-9-11-22(3)16(13-17)5-6-18-19-7-8-21(27-15(2)25)23(19,4)12-10-20(18)22;1-18-9-7-13(20)11-12(18)3-4-14-15-5-6-17(21)19(15,2)10-8-16(14)18;1-2/h8-9,11,13,16,18-20H,5-7,10,12H2,1-4H3;7,9,12,14-16H,3-6,8,10-11H2,1-2H3;1-2H2/t16?,18?,19?,20?,22-,23-;12?,14?,15?,16?,18-,19-;/m00./s1. The van der Waals surface area contributed by atoms with Crippen LogP contribution in [0.3, 0.4) is 0 Å². The average Bonchev–Trinajstić information content (AvgIpc) is 3.57. The van der Waals surface area contributed by atoms with Crippen molar-refractivity contribution >= 4 is 23.5 Å². The first-order chi connectivity index (χ1) is 23.7. The smallest absolute Gasteiger partial charge is 0.308 e. The number of ketones is 2. The molecule has 0 aliphatic heterocycles. The van der Waals surface area contributed by atoms with E-state index >= 15 is 0 Å². The van der Waals surface area contributed by atoms with Crippen molar-refractivity contribution in [3.05, 3.63) is 61.1 Å². The fourth-order valence-electron chi connectivity index (χ4n) is 12.9. The van der Waals surface area contributed by atoms with Crippen LogP contribution in [0.1, 0.15) is 119 Å². The lowest BCUT2D eigenvalue weighted by Crippen LogP contribution is -2.52. The van der Waals surface area contributed by atoms with Gasteiger partial charge in [-0.05, 0) is 147 Å². The Morgan fingerprint density at radius 3 is 2.04 bits per heavy atom. The molecule has 0 spiro atoms. The molecule has 0 amide bonds. The maximum atomic E-state index is 12.4. The number of hydrogen-bond acceptors (Lipinski definition) is 6. The van der Waals surface area contributed by atoms with Gasteiger partial charge in [-0.3, -0.25) is 19.2 Å². The predicted molar refractivity (Wildman–Crippen MR) is 195 cm³/mol. The van der Waals surface area contributed by atoms with Crippen molar-refractivity contribution in [2.45, 2.75) is 119 Å². The second-order valence-electron chi connectivity index (χ2n) is 17.7. The van der Waals surface area contributed by atoms with Crippen LogP contribution in [-0.2, 0) is 28.7 Å². The summed E-state index contributed by atoms with van der Waals surface area (Å²) in [5.41, 5.74) is 0.271. The lowest BCUT2D eigenvalue weighted by atomic mass is 9.46. The van der Waals surface area contributed by atoms with Gasteiger partial charge in [0.05, 0.1) is 0 Å². The Kier molecular flexibility index (Phi) is 9.93. The molecular formula is C44H60O6.